The number of carbonyl (C=O) groups is 1. The van der Waals surface area contributed by atoms with Crippen molar-refractivity contribution < 1.29 is 18.3 Å². The van der Waals surface area contributed by atoms with E-state index in [1.807, 2.05) is 51.1 Å². The number of benzene rings is 2. The molecule has 2 aromatic carbocycles. The molecule has 0 unspecified atom stereocenters. The zero-order valence-corrected chi connectivity index (χ0v) is 16.6. The summed E-state index contributed by atoms with van der Waals surface area (Å²) in [7, 11) is -3.48. The average Bonchev–Trinajstić information content (AvgIpc) is 2.53. The predicted molar refractivity (Wildman–Crippen MR) is 110 cm³/mol. The van der Waals surface area contributed by atoms with Crippen LogP contribution in [0.5, 0.6) is 0 Å². The summed E-state index contributed by atoms with van der Waals surface area (Å²) in [6, 6.07) is 14.2. The highest BCUT2D eigenvalue weighted by Crippen LogP contribution is 2.35. The number of nitrogens with zero attached hydrogens (tertiary/aromatic N) is 1. The van der Waals surface area contributed by atoms with Gasteiger partial charge in [0.05, 0.1) is 17.6 Å². The van der Waals surface area contributed by atoms with Crippen LogP contribution in [0.4, 0.5) is 16.2 Å². The highest BCUT2D eigenvalue weighted by Gasteiger charge is 2.24. The van der Waals surface area contributed by atoms with Gasteiger partial charge in [0.1, 0.15) is 0 Å². The Hall–Kier alpha value is -2.80. The number of hydrogen-bond acceptors (Lipinski definition) is 3. The summed E-state index contributed by atoms with van der Waals surface area (Å²) in [5.41, 5.74) is 2.00. The Kier molecular flexibility index (Phi) is 5.95. The molecule has 144 valence electrons. The zero-order chi connectivity index (χ0) is 20.2. The van der Waals surface area contributed by atoms with Crippen LogP contribution in [0.25, 0.3) is 6.08 Å². The second-order valence-electron chi connectivity index (χ2n) is 7.24. The lowest BCUT2D eigenvalue weighted by atomic mass is 9.85. The number of nitrogens with one attached hydrogen (secondary N) is 1. The lowest BCUT2D eigenvalue weighted by molar-refractivity contribution is 0.204. The molecule has 6 nitrogen and oxygen atoms in total. The fraction of sp³-hybridized carbons (Fsp3) is 0.250. The fourth-order valence-electron chi connectivity index (χ4n) is 2.61. The van der Waals surface area contributed by atoms with Gasteiger partial charge >= 0.3 is 6.09 Å². The van der Waals surface area contributed by atoms with E-state index < -0.39 is 16.1 Å². The standard InChI is InChI=1S/C20H24N2O4S/c1-20(2,3)17-11-10-16(21-27(4,25)26)14-18(17)22(19(23)24)13-12-15-8-6-5-7-9-15/h5-14,21H,1-4H3,(H,23,24). The minimum absolute atomic E-state index is 0.305. The van der Waals surface area contributed by atoms with Crippen LogP contribution in [0.1, 0.15) is 31.9 Å². The van der Waals surface area contributed by atoms with Gasteiger partial charge in [0.25, 0.3) is 0 Å². The summed E-state index contributed by atoms with van der Waals surface area (Å²) in [5.74, 6) is 0. The van der Waals surface area contributed by atoms with E-state index in [0.29, 0.717) is 11.4 Å². The van der Waals surface area contributed by atoms with E-state index in [1.165, 1.54) is 12.3 Å². The molecule has 27 heavy (non-hydrogen) atoms. The normalized spacial score (nSPS) is 12.1. The van der Waals surface area contributed by atoms with E-state index in [0.717, 1.165) is 22.3 Å². The van der Waals surface area contributed by atoms with Crippen LogP contribution in [0.2, 0.25) is 0 Å². The van der Waals surface area contributed by atoms with Gasteiger partial charge in [-0.25, -0.2) is 13.2 Å². The number of amides is 1. The maximum atomic E-state index is 11.9. The minimum Gasteiger partial charge on any atom is -0.464 e. The number of carboxylic acid groups (broad SMARTS) is 1. The third kappa shape index (κ3) is 5.86. The first-order valence-electron chi connectivity index (χ1n) is 8.35. The van der Waals surface area contributed by atoms with Crippen molar-refractivity contribution in [1.29, 1.82) is 0 Å². The van der Waals surface area contributed by atoms with Gasteiger partial charge < -0.3 is 5.11 Å². The van der Waals surface area contributed by atoms with Crippen LogP contribution in [0, 0.1) is 0 Å². The average molecular weight is 388 g/mol. The number of anilines is 2. The molecule has 2 rings (SSSR count). The largest absolute Gasteiger partial charge is 0.464 e. The first-order valence-corrected chi connectivity index (χ1v) is 10.2. The van der Waals surface area contributed by atoms with Gasteiger partial charge in [-0.1, -0.05) is 57.2 Å². The number of hydrogen-bond donors (Lipinski definition) is 2. The molecule has 0 aliphatic rings. The first-order chi connectivity index (χ1) is 12.5. The van der Waals surface area contributed by atoms with E-state index in [4.69, 9.17) is 0 Å². The van der Waals surface area contributed by atoms with E-state index in [9.17, 15) is 18.3 Å². The van der Waals surface area contributed by atoms with Crippen molar-refractivity contribution in [1.82, 2.24) is 0 Å². The van der Waals surface area contributed by atoms with Gasteiger partial charge in [-0.3, -0.25) is 9.62 Å². The molecule has 2 N–H and O–H groups in total. The highest BCUT2D eigenvalue weighted by molar-refractivity contribution is 7.92. The van der Waals surface area contributed by atoms with Crippen LogP contribution in [-0.2, 0) is 15.4 Å². The third-order valence-electron chi connectivity index (χ3n) is 3.79. The molecule has 7 heteroatoms. The van der Waals surface area contributed by atoms with E-state index in [1.54, 1.807) is 18.2 Å². The van der Waals surface area contributed by atoms with Crippen molar-refractivity contribution in [2.75, 3.05) is 15.9 Å². The van der Waals surface area contributed by atoms with Crippen LogP contribution in [-0.4, -0.2) is 25.9 Å². The van der Waals surface area contributed by atoms with Gasteiger partial charge in [-0.2, -0.15) is 0 Å². The van der Waals surface area contributed by atoms with Crippen molar-refractivity contribution >= 4 is 33.6 Å². The molecular formula is C20H24N2O4S. The zero-order valence-electron chi connectivity index (χ0n) is 15.8. The molecule has 0 spiro atoms. The van der Waals surface area contributed by atoms with Gasteiger partial charge in [0.15, 0.2) is 0 Å². The minimum atomic E-state index is -3.48. The molecule has 0 aliphatic heterocycles. The molecule has 0 bridgehead atoms. The summed E-state index contributed by atoms with van der Waals surface area (Å²) >= 11 is 0. The summed E-state index contributed by atoms with van der Waals surface area (Å²) < 4.78 is 25.5. The van der Waals surface area contributed by atoms with E-state index in [2.05, 4.69) is 4.72 Å². The topological polar surface area (TPSA) is 86.7 Å². The van der Waals surface area contributed by atoms with Crippen LogP contribution in [0.3, 0.4) is 0 Å². The van der Waals surface area contributed by atoms with Crippen LogP contribution >= 0.6 is 0 Å². The van der Waals surface area contributed by atoms with Crippen molar-refractivity contribution in [3.05, 3.63) is 65.9 Å². The van der Waals surface area contributed by atoms with E-state index in [-0.39, 0.29) is 5.41 Å². The fourth-order valence-corrected chi connectivity index (χ4v) is 3.17. The molecule has 0 heterocycles. The van der Waals surface area contributed by atoms with Crippen molar-refractivity contribution in [2.45, 2.75) is 26.2 Å². The Morgan fingerprint density at radius 3 is 2.26 bits per heavy atom. The Labute approximate surface area is 160 Å². The molecule has 1 amide bonds. The molecule has 0 saturated carbocycles. The summed E-state index contributed by atoms with van der Waals surface area (Å²) in [5, 5.41) is 9.75. The number of sulfonamides is 1. The summed E-state index contributed by atoms with van der Waals surface area (Å²) in [6.07, 6.45) is 3.04. The highest BCUT2D eigenvalue weighted by atomic mass is 32.2. The lowest BCUT2D eigenvalue weighted by Crippen LogP contribution is -2.27. The third-order valence-corrected chi connectivity index (χ3v) is 4.40. The van der Waals surface area contributed by atoms with E-state index >= 15 is 0 Å². The second kappa shape index (κ2) is 7.84. The smallest absolute Gasteiger partial charge is 0.415 e. The lowest BCUT2D eigenvalue weighted by Gasteiger charge is -2.27. The Balaban J connectivity index is 2.56. The quantitative estimate of drug-likeness (QED) is 0.789. The maximum Gasteiger partial charge on any atom is 0.415 e. The molecule has 0 saturated heterocycles. The molecular weight excluding hydrogens is 364 g/mol. The van der Waals surface area contributed by atoms with Crippen molar-refractivity contribution in [3.63, 3.8) is 0 Å². The van der Waals surface area contributed by atoms with Crippen molar-refractivity contribution in [2.24, 2.45) is 0 Å². The molecule has 0 aliphatic carbocycles. The Morgan fingerprint density at radius 2 is 1.74 bits per heavy atom. The summed E-state index contributed by atoms with van der Waals surface area (Å²) in [6.45, 7) is 5.91. The van der Waals surface area contributed by atoms with Gasteiger partial charge in [-0.15, -0.1) is 0 Å². The van der Waals surface area contributed by atoms with Crippen molar-refractivity contribution in [3.8, 4) is 0 Å². The maximum absolute atomic E-state index is 11.9. The molecule has 2 aromatic rings. The van der Waals surface area contributed by atoms with Crippen LogP contribution in [0.15, 0.2) is 54.7 Å². The predicted octanol–water partition coefficient (Wildman–Crippen LogP) is 4.51. The van der Waals surface area contributed by atoms with Gasteiger partial charge in [0, 0.05) is 6.20 Å². The Bertz CT molecular complexity index is 946. The Morgan fingerprint density at radius 1 is 1.11 bits per heavy atom. The first kappa shape index (κ1) is 20.5. The summed E-state index contributed by atoms with van der Waals surface area (Å²) in [4.78, 5) is 13.0. The second-order valence-corrected chi connectivity index (χ2v) is 8.98. The molecule has 0 aromatic heterocycles. The van der Waals surface area contributed by atoms with Gasteiger partial charge in [-0.05, 0) is 34.8 Å². The monoisotopic (exact) mass is 388 g/mol. The van der Waals surface area contributed by atoms with Crippen LogP contribution < -0.4 is 9.62 Å². The number of rotatable bonds is 5. The SMILES string of the molecule is CC(C)(C)c1ccc(NS(C)(=O)=O)cc1N(C=Cc1ccccc1)C(=O)O. The molecule has 0 atom stereocenters. The van der Waals surface area contributed by atoms with Gasteiger partial charge in [0.2, 0.25) is 10.0 Å². The molecule has 0 radical (unpaired) electrons. The molecule has 0 fully saturated rings.